The lowest BCUT2D eigenvalue weighted by molar-refractivity contribution is -0.111. The van der Waals surface area contributed by atoms with E-state index in [2.05, 4.69) is 9.88 Å². The Morgan fingerprint density at radius 1 is 0.903 bits per heavy atom. The molecule has 0 saturated heterocycles. The van der Waals surface area contributed by atoms with Crippen molar-refractivity contribution in [3.8, 4) is 0 Å². The van der Waals surface area contributed by atoms with Crippen LogP contribution in [0, 0.1) is 0 Å². The van der Waals surface area contributed by atoms with E-state index in [1.165, 1.54) is 6.08 Å². The molecule has 0 bridgehead atoms. The van der Waals surface area contributed by atoms with Crippen molar-refractivity contribution in [1.82, 2.24) is 14.8 Å². The summed E-state index contributed by atoms with van der Waals surface area (Å²) < 4.78 is 0. The molecule has 2 heterocycles. The van der Waals surface area contributed by atoms with Gasteiger partial charge in [0.15, 0.2) is 5.78 Å². The lowest BCUT2D eigenvalue weighted by Gasteiger charge is -2.15. The number of H-pyrrole nitrogens is 1. The van der Waals surface area contributed by atoms with E-state index in [9.17, 15) is 14.4 Å². The normalized spacial score (nSPS) is 17.7. The van der Waals surface area contributed by atoms with Crippen molar-refractivity contribution in [3.63, 3.8) is 0 Å². The molecule has 1 aromatic rings. The summed E-state index contributed by atoms with van der Waals surface area (Å²) in [5.41, 5.74) is 5.41. The summed E-state index contributed by atoms with van der Waals surface area (Å²) in [6.07, 6.45) is 9.32. The van der Waals surface area contributed by atoms with E-state index in [4.69, 9.17) is 4.99 Å². The van der Waals surface area contributed by atoms with Crippen molar-refractivity contribution in [1.29, 1.82) is 0 Å². The minimum atomic E-state index is -0.514. The Balaban J connectivity index is 1.87. The fourth-order valence-electron chi connectivity index (χ4n) is 4.10. The van der Waals surface area contributed by atoms with Crippen molar-refractivity contribution in [2.45, 2.75) is 12.8 Å². The van der Waals surface area contributed by atoms with Crippen LogP contribution in [-0.4, -0.2) is 79.1 Å². The van der Waals surface area contributed by atoms with E-state index in [0.717, 1.165) is 23.4 Å². The smallest absolute Gasteiger partial charge is 0.235 e. The number of fused-ring (bicyclic) bond motifs is 2. The molecule has 0 radical (unpaired) electrons. The molecule has 1 aliphatic heterocycles. The molecule has 4 rings (SSSR count). The number of aromatic amines is 1. The molecule has 7 heteroatoms. The topological polar surface area (TPSA) is 85.8 Å². The molecular formula is C24H26N4O3. The van der Waals surface area contributed by atoms with E-state index in [-0.39, 0.29) is 5.78 Å². The molecule has 0 fully saturated rings. The average molecular weight is 418 g/mol. The predicted molar refractivity (Wildman–Crippen MR) is 120 cm³/mol. The number of ketones is 3. The van der Waals surface area contributed by atoms with Gasteiger partial charge in [0, 0.05) is 13.1 Å². The van der Waals surface area contributed by atoms with Crippen LogP contribution in [0.2, 0.25) is 0 Å². The number of hydrogen-bond acceptors (Lipinski definition) is 6. The van der Waals surface area contributed by atoms with E-state index in [1.807, 2.05) is 39.2 Å². The Morgan fingerprint density at radius 2 is 1.61 bits per heavy atom. The Hall–Kier alpha value is -3.16. The largest absolute Gasteiger partial charge is 0.353 e. The summed E-state index contributed by atoms with van der Waals surface area (Å²) in [6, 6.07) is 0. The van der Waals surface area contributed by atoms with Crippen LogP contribution < -0.4 is 0 Å². The van der Waals surface area contributed by atoms with Gasteiger partial charge in [0.1, 0.15) is 0 Å². The Labute approximate surface area is 181 Å². The number of aliphatic imine (C=N–C) groups is 1. The molecule has 160 valence electrons. The molecule has 1 aromatic heterocycles. The van der Waals surface area contributed by atoms with Gasteiger partial charge in [-0.3, -0.25) is 14.4 Å². The van der Waals surface area contributed by atoms with E-state index >= 15 is 0 Å². The molecule has 3 aliphatic rings. The molecule has 2 aliphatic carbocycles. The minimum Gasteiger partial charge on any atom is -0.353 e. The number of allylic oxidation sites excluding steroid dienone is 5. The van der Waals surface area contributed by atoms with Gasteiger partial charge in [-0.2, -0.15) is 0 Å². The predicted octanol–water partition coefficient (Wildman–Crippen LogP) is 1.97. The van der Waals surface area contributed by atoms with Crippen LogP contribution in [0.4, 0.5) is 0 Å². The van der Waals surface area contributed by atoms with Crippen LogP contribution in [0.25, 0.3) is 6.08 Å². The highest BCUT2D eigenvalue weighted by Crippen LogP contribution is 2.36. The van der Waals surface area contributed by atoms with Gasteiger partial charge in [-0.25, -0.2) is 4.99 Å². The van der Waals surface area contributed by atoms with Crippen LogP contribution in [0.3, 0.4) is 0 Å². The molecule has 31 heavy (non-hydrogen) atoms. The molecule has 0 aromatic carbocycles. The van der Waals surface area contributed by atoms with Gasteiger partial charge in [-0.1, -0.05) is 6.08 Å². The molecular weight excluding hydrogens is 392 g/mol. The molecule has 0 unspecified atom stereocenters. The fourth-order valence-corrected chi connectivity index (χ4v) is 4.10. The van der Waals surface area contributed by atoms with Crippen LogP contribution in [-0.2, 0) is 16.0 Å². The first-order valence-electron chi connectivity index (χ1n) is 10.3. The monoisotopic (exact) mass is 418 g/mol. The number of aromatic nitrogens is 1. The summed E-state index contributed by atoms with van der Waals surface area (Å²) in [5.74, 6) is -1.06. The average Bonchev–Trinajstić information content (AvgIpc) is 3.26. The van der Waals surface area contributed by atoms with Crippen LogP contribution in [0.15, 0.2) is 46.1 Å². The summed E-state index contributed by atoms with van der Waals surface area (Å²) in [5, 5.41) is 0. The lowest BCUT2D eigenvalue weighted by Crippen LogP contribution is -2.21. The lowest BCUT2D eigenvalue weighted by atomic mass is 9.90. The Bertz CT molecular complexity index is 1140. The first-order chi connectivity index (χ1) is 14.8. The number of hydrogen-bond donors (Lipinski definition) is 1. The summed E-state index contributed by atoms with van der Waals surface area (Å²) in [6.45, 7) is 1.47. The quantitative estimate of drug-likeness (QED) is 0.685. The molecule has 0 atom stereocenters. The maximum absolute atomic E-state index is 12.7. The number of likely N-dealkylation sites (N-methyl/N-ethyl adjacent to an activating group) is 1. The second-order valence-electron chi connectivity index (χ2n) is 8.49. The number of carbonyl (C=O) groups is 3. The molecule has 7 nitrogen and oxygen atoms in total. The van der Waals surface area contributed by atoms with Crippen molar-refractivity contribution in [2.75, 3.05) is 41.3 Å². The van der Waals surface area contributed by atoms with Gasteiger partial charge in [0.05, 0.1) is 33.9 Å². The molecule has 0 spiro atoms. The van der Waals surface area contributed by atoms with Gasteiger partial charge in [0.25, 0.3) is 0 Å². The summed E-state index contributed by atoms with van der Waals surface area (Å²) >= 11 is 0. The third-order valence-electron chi connectivity index (χ3n) is 5.66. The number of carbonyl (C=O) groups excluding carboxylic acids is 3. The van der Waals surface area contributed by atoms with Gasteiger partial charge in [0.2, 0.25) is 11.6 Å². The Morgan fingerprint density at radius 3 is 2.32 bits per heavy atom. The Kier molecular flexibility index (Phi) is 5.56. The van der Waals surface area contributed by atoms with E-state index in [0.29, 0.717) is 47.6 Å². The third-order valence-corrected chi connectivity index (χ3v) is 5.66. The number of Topliss-reactive ketones (excluding diaryl/α,β-unsaturated/α-hetero) is 1. The van der Waals surface area contributed by atoms with Crippen molar-refractivity contribution in [2.24, 2.45) is 4.99 Å². The summed E-state index contributed by atoms with van der Waals surface area (Å²) in [4.78, 5) is 49.8. The van der Waals surface area contributed by atoms with Gasteiger partial charge in [-0.15, -0.1) is 0 Å². The highest BCUT2D eigenvalue weighted by atomic mass is 16.2. The third kappa shape index (κ3) is 3.82. The number of nitrogens with one attached hydrogen (secondary N) is 1. The van der Waals surface area contributed by atoms with Gasteiger partial charge < -0.3 is 14.8 Å². The zero-order valence-electron chi connectivity index (χ0n) is 18.3. The maximum Gasteiger partial charge on any atom is 0.235 e. The van der Waals surface area contributed by atoms with E-state index < -0.39 is 11.6 Å². The second kappa shape index (κ2) is 8.17. The van der Waals surface area contributed by atoms with Crippen molar-refractivity contribution < 1.29 is 14.4 Å². The van der Waals surface area contributed by atoms with Gasteiger partial charge in [-0.05, 0) is 76.5 Å². The molecule has 1 N–H and O–H groups in total. The van der Waals surface area contributed by atoms with Crippen molar-refractivity contribution >= 4 is 29.1 Å². The van der Waals surface area contributed by atoms with Crippen molar-refractivity contribution in [3.05, 3.63) is 63.7 Å². The summed E-state index contributed by atoms with van der Waals surface area (Å²) in [7, 11) is 7.91. The first-order valence-corrected chi connectivity index (χ1v) is 10.3. The zero-order valence-corrected chi connectivity index (χ0v) is 18.3. The van der Waals surface area contributed by atoms with Gasteiger partial charge >= 0.3 is 0 Å². The fraction of sp³-hybridized carbons (Fsp3) is 0.333. The van der Waals surface area contributed by atoms with E-state index in [1.54, 1.807) is 18.2 Å². The minimum absolute atomic E-state index is 0.0534. The van der Waals surface area contributed by atoms with Crippen LogP contribution >= 0.6 is 0 Å². The standard InChI is InChI=1S/C24H26N4O3/c1-27(2)12-10-14-20-16(6-5-7-18(20)29)25-22(14)23-15(11-13-28(3)4)21-17(26-23)8-9-19(30)24(21)31/h5-9,26H,10-13H2,1-4H3. The highest BCUT2D eigenvalue weighted by Gasteiger charge is 2.35. The maximum atomic E-state index is 12.7. The zero-order chi connectivity index (χ0) is 22.3. The first kappa shape index (κ1) is 21.1. The molecule has 0 amide bonds. The number of rotatable bonds is 7. The van der Waals surface area contributed by atoms with Crippen LogP contribution in [0.5, 0.6) is 0 Å². The highest BCUT2D eigenvalue weighted by molar-refractivity contribution is 6.50. The SMILES string of the molecule is CN(C)CCC1=C2C(=O)C=CC=C2N=C1c1[nH]c2c(c1CCN(C)C)C(=O)C(=O)C=C2. The molecule has 0 saturated carbocycles. The number of nitrogens with zero attached hydrogens (tertiary/aromatic N) is 3. The van der Waals surface area contributed by atoms with Crippen LogP contribution in [0.1, 0.15) is 33.7 Å². The second-order valence-corrected chi connectivity index (χ2v) is 8.49.